The zero-order valence-corrected chi connectivity index (χ0v) is 11.3. The molecule has 0 fully saturated rings. The van der Waals surface area contributed by atoms with Crippen LogP contribution in [0.2, 0.25) is 0 Å². The molecule has 0 aliphatic heterocycles. The molecule has 0 aliphatic rings. The van der Waals surface area contributed by atoms with Crippen molar-refractivity contribution in [2.45, 2.75) is 18.7 Å². The van der Waals surface area contributed by atoms with Crippen molar-refractivity contribution in [2.75, 3.05) is 12.4 Å². The molecule has 0 saturated heterocycles. The molecular weight excluding hydrogens is 275 g/mol. The highest BCUT2D eigenvalue weighted by molar-refractivity contribution is 7.92. The Bertz CT molecular complexity index is 584. The summed E-state index contributed by atoms with van der Waals surface area (Å²) in [5.41, 5.74) is 0.108. The van der Waals surface area contributed by atoms with Crippen molar-refractivity contribution in [3.63, 3.8) is 0 Å². The van der Waals surface area contributed by atoms with E-state index in [0.717, 1.165) is 6.07 Å². The van der Waals surface area contributed by atoms with E-state index in [1.54, 1.807) is 0 Å². The van der Waals surface area contributed by atoms with Gasteiger partial charge in [-0.15, -0.1) is 0 Å². The Balaban J connectivity index is 3.22. The van der Waals surface area contributed by atoms with E-state index in [2.05, 4.69) is 4.74 Å². The summed E-state index contributed by atoms with van der Waals surface area (Å²) in [6, 6.07) is 2.06. The zero-order chi connectivity index (χ0) is 14.6. The first kappa shape index (κ1) is 15.3. The van der Waals surface area contributed by atoms with Crippen molar-refractivity contribution in [1.82, 2.24) is 0 Å². The largest absolute Gasteiger partial charge is 0.465 e. The predicted octanol–water partition coefficient (Wildman–Crippen LogP) is 1.28. The summed E-state index contributed by atoms with van der Waals surface area (Å²) in [5.74, 6) is -2.92. The summed E-state index contributed by atoms with van der Waals surface area (Å²) in [6.07, 6.45) is 0.415. The highest BCUT2D eigenvalue weighted by Crippen LogP contribution is 2.22. The second-order valence-electron chi connectivity index (χ2n) is 3.83. The van der Waals surface area contributed by atoms with Crippen molar-refractivity contribution < 1.29 is 27.1 Å². The number of ether oxygens (including phenoxy) is 1. The van der Waals surface area contributed by atoms with Gasteiger partial charge in [-0.25, -0.2) is 12.8 Å². The van der Waals surface area contributed by atoms with Gasteiger partial charge < -0.3 is 4.74 Å². The molecule has 0 saturated carbocycles. The van der Waals surface area contributed by atoms with Gasteiger partial charge in [-0.1, -0.05) is 0 Å². The van der Waals surface area contributed by atoms with Gasteiger partial charge in [0.05, 0.1) is 6.61 Å². The lowest BCUT2D eigenvalue weighted by Crippen LogP contribution is -2.20. The summed E-state index contributed by atoms with van der Waals surface area (Å²) < 4.78 is 42.1. The van der Waals surface area contributed by atoms with E-state index in [1.165, 1.54) is 19.9 Å². The van der Waals surface area contributed by atoms with Crippen LogP contribution in [0.3, 0.4) is 0 Å². The minimum Gasteiger partial charge on any atom is -0.465 e. The molecule has 1 rings (SSSR count). The van der Waals surface area contributed by atoms with Crippen LogP contribution in [0.5, 0.6) is 0 Å². The average Bonchev–Trinajstić information content (AvgIpc) is 2.26. The lowest BCUT2D eigenvalue weighted by Gasteiger charge is -2.09. The summed E-state index contributed by atoms with van der Waals surface area (Å²) in [6.45, 7) is 2.93. The lowest BCUT2D eigenvalue weighted by molar-refractivity contribution is -0.139. The van der Waals surface area contributed by atoms with Crippen LogP contribution in [0, 0.1) is 12.7 Å². The Morgan fingerprint density at radius 2 is 2.05 bits per heavy atom. The minimum atomic E-state index is -4.13. The number of benzene rings is 1. The molecule has 0 aliphatic carbocycles. The summed E-state index contributed by atoms with van der Waals surface area (Å²) >= 11 is 0. The number of sulfone groups is 1. The van der Waals surface area contributed by atoms with Crippen molar-refractivity contribution >= 4 is 22.1 Å². The maximum atomic E-state index is 13.7. The first-order chi connectivity index (χ1) is 8.81. The molecule has 104 valence electrons. The van der Waals surface area contributed by atoms with E-state index in [4.69, 9.17) is 0 Å². The molecule has 0 heterocycles. The van der Waals surface area contributed by atoms with E-state index >= 15 is 0 Å². The molecule has 0 spiro atoms. The molecular formula is C12H13FO5S. The normalized spacial score (nSPS) is 11.1. The van der Waals surface area contributed by atoms with Crippen molar-refractivity contribution in [3.05, 3.63) is 29.1 Å². The van der Waals surface area contributed by atoms with Crippen molar-refractivity contribution in [3.8, 4) is 0 Å². The van der Waals surface area contributed by atoms with Gasteiger partial charge >= 0.3 is 5.97 Å². The van der Waals surface area contributed by atoms with E-state index in [-0.39, 0.29) is 17.7 Å². The fraction of sp³-hybridized carbons (Fsp3) is 0.333. The first-order valence-corrected chi connectivity index (χ1v) is 7.10. The molecule has 0 N–H and O–H groups in total. The molecule has 7 heteroatoms. The molecule has 1 aromatic carbocycles. The molecule has 19 heavy (non-hydrogen) atoms. The van der Waals surface area contributed by atoms with E-state index in [9.17, 15) is 22.4 Å². The number of carbonyl (C=O) groups excluding carboxylic acids is 2. The summed E-state index contributed by atoms with van der Waals surface area (Å²) in [7, 11) is -4.13. The third kappa shape index (κ3) is 3.60. The molecule has 0 radical (unpaired) electrons. The third-order valence-corrected chi connectivity index (χ3v) is 4.07. The topological polar surface area (TPSA) is 77.5 Å². The average molecular weight is 288 g/mol. The van der Waals surface area contributed by atoms with Gasteiger partial charge in [0, 0.05) is 5.56 Å². The zero-order valence-electron chi connectivity index (χ0n) is 10.5. The van der Waals surface area contributed by atoms with Crippen LogP contribution < -0.4 is 0 Å². The smallest absolute Gasteiger partial charge is 0.321 e. The van der Waals surface area contributed by atoms with Gasteiger partial charge in [0.1, 0.15) is 17.0 Å². The highest BCUT2D eigenvalue weighted by Gasteiger charge is 2.26. The van der Waals surface area contributed by atoms with E-state index in [0.29, 0.717) is 6.29 Å². The number of aryl methyl sites for hydroxylation is 1. The number of hydrogen-bond donors (Lipinski definition) is 0. The Morgan fingerprint density at radius 3 is 2.53 bits per heavy atom. The monoisotopic (exact) mass is 288 g/mol. The molecule has 0 unspecified atom stereocenters. The maximum Gasteiger partial charge on any atom is 0.321 e. The number of carbonyl (C=O) groups is 2. The fourth-order valence-corrected chi connectivity index (χ4v) is 3.09. The Kier molecular flexibility index (Phi) is 4.77. The van der Waals surface area contributed by atoms with Crippen LogP contribution in [-0.4, -0.2) is 33.0 Å². The highest BCUT2D eigenvalue weighted by atomic mass is 32.2. The quantitative estimate of drug-likeness (QED) is 0.602. The Morgan fingerprint density at radius 1 is 1.42 bits per heavy atom. The van der Waals surface area contributed by atoms with Gasteiger partial charge in [0.15, 0.2) is 15.6 Å². The van der Waals surface area contributed by atoms with Gasteiger partial charge in [0.2, 0.25) is 0 Å². The van der Waals surface area contributed by atoms with Crippen LogP contribution >= 0.6 is 0 Å². The molecule has 0 bridgehead atoms. The number of esters is 1. The number of halogens is 1. The SMILES string of the molecule is CCOC(=O)CS(=O)(=O)c1c(C)cc(C=O)cc1F. The van der Waals surface area contributed by atoms with E-state index < -0.39 is 32.3 Å². The van der Waals surface area contributed by atoms with Gasteiger partial charge in [0.25, 0.3) is 0 Å². The molecule has 0 aromatic heterocycles. The summed E-state index contributed by atoms with van der Waals surface area (Å²) in [4.78, 5) is 21.2. The van der Waals surface area contributed by atoms with Crippen molar-refractivity contribution in [2.24, 2.45) is 0 Å². The van der Waals surface area contributed by atoms with E-state index in [1.807, 2.05) is 0 Å². The Hall–Kier alpha value is -1.76. The van der Waals surface area contributed by atoms with Crippen LogP contribution in [0.15, 0.2) is 17.0 Å². The standard InChI is InChI=1S/C12H13FO5S/c1-3-18-11(15)7-19(16,17)12-8(2)4-9(6-14)5-10(12)13/h4-6H,3,7H2,1-2H3. The number of hydrogen-bond acceptors (Lipinski definition) is 5. The third-order valence-electron chi connectivity index (χ3n) is 2.31. The molecule has 0 amide bonds. The second kappa shape index (κ2) is 5.92. The first-order valence-electron chi connectivity index (χ1n) is 5.45. The van der Waals surface area contributed by atoms with Gasteiger partial charge in [-0.05, 0) is 31.5 Å². The molecule has 5 nitrogen and oxygen atoms in total. The second-order valence-corrected chi connectivity index (χ2v) is 5.76. The molecule has 0 atom stereocenters. The molecule has 1 aromatic rings. The van der Waals surface area contributed by atoms with Crippen LogP contribution in [-0.2, 0) is 19.4 Å². The van der Waals surface area contributed by atoms with Crippen LogP contribution in [0.1, 0.15) is 22.8 Å². The summed E-state index contributed by atoms with van der Waals surface area (Å²) in [5, 5.41) is 0. The van der Waals surface area contributed by atoms with Gasteiger partial charge in [-0.3, -0.25) is 9.59 Å². The predicted molar refractivity (Wildman–Crippen MR) is 65.2 cm³/mol. The number of aldehydes is 1. The Labute approximate surface area is 110 Å². The number of rotatable bonds is 5. The van der Waals surface area contributed by atoms with Gasteiger partial charge in [-0.2, -0.15) is 0 Å². The lowest BCUT2D eigenvalue weighted by atomic mass is 10.1. The van der Waals surface area contributed by atoms with Crippen molar-refractivity contribution in [1.29, 1.82) is 0 Å². The van der Waals surface area contributed by atoms with Crippen LogP contribution in [0.4, 0.5) is 4.39 Å². The maximum absolute atomic E-state index is 13.7. The fourth-order valence-electron chi connectivity index (χ4n) is 1.65. The minimum absolute atomic E-state index is 0.0325. The van der Waals surface area contributed by atoms with Crippen LogP contribution in [0.25, 0.3) is 0 Å².